The Morgan fingerprint density at radius 1 is 1.16 bits per heavy atom. The SMILES string of the molecule is CCNCc1cccc2ccn(C3CCCCC3)c12. The second kappa shape index (κ2) is 5.79. The van der Waals surface area contributed by atoms with Crippen molar-refractivity contribution in [2.75, 3.05) is 6.54 Å². The molecular formula is C17H24N2. The van der Waals surface area contributed by atoms with Crippen molar-refractivity contribution in [3.8, 4) is 0 Å². The first kappa shape index (κ1) is 12.7. The van der Waals surface area contributed by atoms with Gasteiger partial charge in [0.2, 0.25) is 0 Å². The summed E-state index contributed by atoms with van der Waals surface area (Å²) in [5.41, 5.74) is 2.89. The van der Waals surface area contributed by atoms with Crippen LogP contribution in [-0.2, 0) is 6.54 Å². The van der Waals surface area contributed by atoms with Gasteiger partial charge in [0.25, 0.3) is 0 Å². The third-order valence-electron chi connectivity index (χ3n) is 4.36. The molecule has 1 aromatic heterocycles. The molecule has 0 radical (unpaired) electrons. The first-order chi connectivity index (χ1) is 9.40. The van der Waals surface area contributed by atoms with Crippen LogP contribution in [0.15, 0.2) is 30.5 Å². The van der Waals surface area contributed by atoms with Crippen molar-refractivity contribution in [2.45, 2.75) is 51.6 Å². The van der Waals surface area contributed by atoms with E-state index in [2.05, 4.69) is 47.3 Å². The van der Waals surface area contributed by atoms with Gasteiger partial charge in [-0.1, -0.05) is 44.4 Å². The van der Waals surface area contributed by atoms with E-state index in [1.54, 1.807) is 0 Å². The van der Waals surface area contributed by atoms with Gasteiger partial charge >= 0.3 is 0 Å². The Morgan fingerprint density at radius 2 is 2.00 bits per heavy atom. The standard InChI is InChI=1S/C17H24N2/c1-2-18-13-15-8-6-7-14-11-12-19(17(14)15)16-9-4-3-5-10-16/h6-8,11-12,16,18H,2-5,9-10,13H2,1H3. The van der Waals surface area contributed by atoms with E-state index in [9.17, 15) is 0 Å². The zero-order valence-corrected chi connectivity index (χ0v) is 11.9. The van der Waals surface area contributed by atoms with Gasteiger partial charge in [0.15, 0.2) is 0 Å². The second-order valence-corrected chi connectivity index (χ2v) is 5.65. The van der Waals surface area contributed by atoms with Crippen LogP contribution in [0.25, 0.3) is 10.9 Å². The van der Waals surface area contributed by atoms with E-state index in [0.29, 0.717) is 6.04 Å². The molecule has 2 nitrogen and oxygen atoms in total. The van der Waals surface area contributed by atoms with Crippen LogP contribution in [0.1, 0.15) is 50.6 Å². The summed E-state index contributed by atoms with van der Waals surface area (Å²) in [5, 5.41) is 4.85. The fourth-order valence-electron chi connectivity index (χ4n) is 3.36. The molecule has 1 aliphatic rings. The van der Waals surface area contributed by atoms with Crippen molar-refractivity contribution < 1.29 is 0 Å². The minimum absolute atomic E-state index is 0.717. The van der Waals surface area contributed by atoms with Gasteiger partial charge < -0.3 is 9.88 Å². The summed E-state index contributed by atoms with van der Waals surface area (Å²) in [4.78, 5) is 0. The molecular weight excluding hydrogens is 232 g/mol. The molecule has 102 valence electrons. The Balaban J connectivity index is 1.99. The summed E-state index contributed by atoms with van der Waals surface area (Å²) < 4.78 is 2.54. The molecule has 0 bridgehead atoms. The first-order valence-electron chi connectivity index (χ1n) is 7.69. The average molecular weight is 256 g/mol. The van der Waals surface area contributed by atoms with Crippen molar-refractivity contribution in [3.63, 3.8) is 0 Å². The molecule has 2 aromatic rings. The number of nitrogens with one attached hydrogen (secondary N) is 1. The largest absolute Gasteiger partial charge is 0.344 e. The molecule has 0 saturated heterocycles. The Morgan fingerprint density at radius 3 is 2.79 bits per heavy atom. The summed E-state index contributed by atoms with van der Waals surface area (Å²) >= 11 is 0. The Kier molecular flexibility index (Phi) is 3.88. The van der Waals surface area contributed by atoms with Gasteiger partial charge in [0.05, 0.1) is 5.52 Å². The van der Waals surface area contributed by atoms with Crippen LogP contribution in [-0.4, -0.2) is 11.1 Å². The number of rotatable bonds is 4. The Labute approximate surface area is 115 Å². The Hall–Kier alpha value is -1.28. The molecule has 1 aliphatic carbocycles. The molecule has 0 aliphatic heterocycles. The summed E-state index contributed by atoms with van der Waals surface area (Å²) in [6.45, 7) is 4.17. The van der Waals surface area contributed by atoms with Crippen molar-refractivity contribution in [1.29, 1.82) is 0 Å². The van der Waals surface area contributed by atoms with Crippen LogP contribution >= 0.6 is 0 Å². The number of para-hydroxylation sites is 1. The third-order valence-corrected chi connectivity index (χ3v) is 4.36. The van der Waals surface area contributed by atoms with E-state index in [-0.39, 0.29) is 0 Å². The molecule has 0 spiro atoms. The molecule has 1 heterocycles. The quantitative estimate of drug-likeness (QED) is 0.865. The smallest absolute Gasteiger partial charge is 0.0528 e. The molecule has 1 saturated carbocycles. The molecule has 1 N–H and O–H groups in total. The molecule has 1 aromatic carbocycles. The van der Waals surface area contributed by atoms with Gasteiger partial charge in [-0.15, -0.1) is 0 Å². The predicted octanol–water partition coefficient (Wildman–Crippen LogP) is 4.26. The second-order valence-electron chi connectivity index (χ2n) is 5.65. The van der Waals surface area contributed by atoms with Crippen molar-refractivity contribution >= 4 is 10.9 Å². The Bertz CT molecular complexity index is 535. The number of fused-ring (bicyclic) bond motifs is 1. The molecule has 1 fully saturated rings. The van der Waals surface area contributed by atoms with Crippen molar-refractivity contribution in [1.82, 2.24) is 9.88 Å². The van der Waals surface area contributed by atoms with Crippen LogP contribution in [0.5, 0.6) is 0 Å². The third kappa shape index (κ3) is 2.55. The lowest BCUT2D eigenvalue weighted by atomic mass is 9.95. The molecule has 0 unspecified atom stereocenters. The normalized spacial score (nSPS) is 17.1. The molecule has 0 amide bonds. The zero-order chi connectivity index (χ0) is 13.1. The van der Waals surface area contributed by atoms with Crippen LogP contribution in [0.3, 0.4) is 0 Å². The minimum atomic E-state index is 0.717. The van der Waals surface area contributed by atoms with Crippen molar-refractivity contribution in [2.24, 2.45) is 0 Å². The predicted molar refractivity (Wildman–Crippen MR) is 81.4 cm³/mol. The number of aromatic nitrogens is 1. The van der Waals surface area contributed by atoms with Crippen LogP contribution in [0.2, 0.25) is 0 Å². The van der Waals surface area contributed by atoms with Crippen LogP contribution < -0.4 is 5.32 Å². The highest BCUT2D eigenvalue weighted by atomic mass is 15.0. The number of hydrogen-bond acceptors (Lipinski definition) is 1. The van der Waals surface area contributed by atoms with Gasteiger partial charge in [-0.2, -0.15) is 0 Å². The maximum Gasteiger partial charge on any atom is 0.0528 e. The van der Waals surface area contributed by atoms with Gasteiger partial charge in [-0.25, -0.2) is 0 Å². The van der Waals surface area contributed by atoms with Gasteiger partial charge in [-0.05, 0) is 36.4 Å². The van der Waals surface area contributed by atoms with Gasteiger partial charge in [0, 0.05) is 18.8 Å². The average Bonchev–Trinajstić information content (AvgIpc) is 2.90. The molecule has 19 heavy (non-hydrogen) atoms. The lowest BCUT2D eigenvalue weighted by molar-refractivity contribution is 0.360. The van der Waals surface area contributed by atoms with Gasteiger partial charge in [-0.3, -0.25) is 0 Å². The number of nitrogens with zero attached hydrogens (tertiary/aromatic N) is 1. The summed E-state index contributed by atoms with van der Waals surface area (Å²) in [6, 6.07) is 9.68. The van der Waals surface area contributed by atoms with Crippen LogP contribution in [0.4, 0.5) is 0 Å². The summed E-state index contributed by atoms with van der Waals surface area (Å²) in [5.74, 6) is 0. The van der Waals surface area contributed by atoms with E-state index in [1.165, 1.54) is 48.6 Å². The van der Waals surface area contributed by atoms with E-state index in [4.69, 9.17) is 0 Å². The number of benzene rings is 1. The highest BCUT2D eigenvalue weighted by Crippen LogP contribution is 2.32. The maximum atomic E-state index is 3.46. The van der Waals surface area contributed by atoms with Crippen LogP contribution in [0, 0.1) is 0 Å². The van der Waals surface area contributed by atoms with E-state index in [1.807, 2.05) is 0 Å². The fraction of sp³-hybridized carbons (Fsp3) is 0.529. The molecule has 0 atom stereocenters. The molecule has 2 heteroatoms. The number of hydrogen-bond donors (Lipinski definition) is 1. The minimum Gasteiger partial charge on any atom is -0.344 e. The van der Waals surface area contributed by atoms with E-state index in [0.717, 1.165) is 13.1 Å². The topological polar surface area (TPSA) is 17.0 Å². The van der Waals surface area contributed by atoms with Gasteiger partial charge in [0.1, 0.15) is 0 Å². The summed E-state index contributed by atoms with van der Waals surface area (Å²) in [7, 11) is 0. The van der Waals surface area contributed by atoms with E-state index >= 15 is 0 Å². The lowest BCUT2D eigenvalue weighted by Gasteiger charge is -2.25. The van der Waals surface area contributed by atoms with Crippen molar-refractivity contribution in [3.05, 3.63) is 36.0 Å². The fourth-order valence-corrected chi connectivity index (χ4v) is 3.36. The molecule has 3 rings (SSSR count). The summed E-state index contributed by atoms with van der Waals surface area (Å²) in [6.07, 6.45) is 9.19. The van der Waals surface area contributed by atoms with E-state index < -0.39 is 0 Å². The zero-order valence-electron chi connectivity index (χ0n) is 11.9. The highest BCUT2D eigenvalue weighted by molar-refractivity contribution is 5.83. The highest BCUT2D eigenvalue weighted by Gasteiger charge is 2.17. The maximum absolute atomic E-state index is 3.46. The monoisotopic (exact) mass is 256 g/mol. The first-order valence-corrected chi connectivity index (χ1v) is 7.69. The lowest BCUT2D eigenvalue weighted by Crippen LogP contribution is -2.15.